The molecule has 26 heavy (non-hydrogen) atoms. The quantitative estimate of drug-likeness (QED) is 0.491. The standard InChI is InChI=1S/C17H15Cl2N3O3S/c1-17(2,16(20)25)7-22-9-6-8(18)14(19)21-12(9)11(15(22)24)13(23)10-4-3-5-26-10/h3-6,24H,7H2,1-2H3,(H2,20,25). The van der Waals surface area contributed by atoms with E-state index in [1.54, 1.807) is 31.4 Å². The molecule has 0 saturated heterocycles. The van der Waals surface area contributed by atoms with Crippen molar-refractivity contribution in [2.75, 3.05) is 0 Å². The first-order chi connectivity index (χ1) is 12.1. The van der Waals surface area contributed by atoms with Crippen LogP contribution in [0, 0.1) is 5.41 Å². The summed E-state index contributed by atoms with van der Waals surface area (Å²) in [5.74, 6) is -1.24. The van der Waals surface area contributed by atoms with Crippen molar-refractivity contribution >= 4 is 57.3 Å². The first kappa shape index (κ1) is 18.7. The Morgan fingerprint density at radius 3 is 2.65 bits per heavy atom. The summed E-state index contributed by atoms with van der Waals surface area (Å²) in [6.07, 6.45) is 0. The van der Waals surface area contributed by atoms with Crippen molar-refractivity contribution in [3.05, 3.63) is 44.2 Å². The van der Waals surface area contributed by atoms with Crippen LogP contribution in [-0.4, -0.2) is 26.3 Å². The molecule has 3 rings (SSSR count). The Morgan fingerprint density at radius 2 is 2.08 bits per heavy atom. The number of aromatic hydroxyl groups is 1. The molecular weight excluding hydrogens is 397 g/mol. The van der Waals surface area contributed by atoms with Crippen LogP contribution in [0.1, 0.15) is 29.1 Å². The fourth-order valence-electron chi connectivity index (χ4n) is 2.57. The number of halogens is 2. The van der Waals surface area contributed by atoms with Crippen LogP contribution in [0.3, 0.4) is 0 Å². The molecule has 9 heteroatoms. The number of thiophene rings is 1. The number of nitrogens with zero attached hydrogens (tertiary/aromatic N) is 2. The molecule has 0 radical (unpaired) electrons. The molecule has 0 fully saturated rings. The molecule has 136 valence electrons. The average molecular weight is 412 g/mol. The number of carbonyl (C=O) groups excluding carboxylic acids is 2. The molecule has 0 unspecified atom stereocenters. The van der Waals surface area contributed by atoms with Crippen molar-refractivity contribution < 1.29 is 14.7 Å². The van der Waals surface area contributed by atoms with E-state index in [1.165, 1.54) is 22.0 Å². The molecule has 0 aliphatic heterocycles. The van der Waals surface area contributed by atoms with Gasteiger partial charge in [0.1, 0.15) is 16.2 Å². The topological polar surface area (TPSA) is 98.2 Å². The summed E-state index contributed by atoms with van der Waals surface area (Å²) in [5.41, 5.74) is 5.10. The number of hydrogen-bond donors (Lipinski definition) is 2. The number of hydrogen-bond acceptors (Lipinski definition) is 5. The van der Waals surface area contributed by atoms with Gasteiger partial charge in [0.25, 0.3) is 0 Å². The maximum atomic E-state index is 12.9. The molecule has 0 spiro atoms. The van der Waals surface area contributed by atoms with Gasteiger partial charge in [-0.05, 0) is 31.4 Å². The Morgan fingerprint density at radius 1 is 1.38 bits per heavy atom. The zero-order valence-electron chi connectivity index (χ0n) is 13.9. The van der Waals surface area contributed by atoms with Gasteiger partial charge in [-0.1, -0.05) is 29.3 Å². The minimum atomic E-state index is -0.973. The SMILES string of the molecule is CC(C)(Cn1c(O)c(C(=O)c2cccs2)c2nc(Cl)c(Cl)cc21)C(N)=O. The number of pyridine rings is 1. The summed E-state index contributed by atoms with van der Waals surface area (Å²) in [7, 11) is 0. The number of carbonyl (C=O) groups is 2. The summed E-state index contributed by atoms with van der Waals surface area (Å²) >= 11 is 13.3. The second-order valence-corrected chi connectivity index (χ2v) is 8.18. The third kappa shape index (κ3) is 3.06. The lowest BCUT2D eigenvalue weighted by atomic mass is 9.92. The van der Waals surface area contributed by atoms with Crippen LogP contribution in [0.25, 0.3) is 11.0 Å². The fraction of sp³-hybridized carbons (Fsp3) is 0.235. The van der Waals surface area contributed by atoms with E-state index < -0.39 is 11.3 Å². The van der Waals surface area contributed by atoms with E-state index in [4.69, 9.17) is 28.9 Å². The highest BCUT2D eigenvalue weighted by Gasteiger charge is 2.32. The summed E-state index contributed by atoms with van der Waals surface area (Å²) in [6.45, 7) is 3.33. The average Bonchev–Trinajstić information content (AvgIpc) is 3.17. The number of rotatable bonds is 5. The minimum Gasteiger partial charge on any atom is -0.494 e. The van der Waals surface area contributed by atoms with E-state index in [0.29, 0.717) is 10.4 Å². The highest BCUT2D eigenvalue weighted by atomic mass is 35.5. The number of amides is 1. The molecule has 0 saturated carbocycles. The van der Waals surface area contributed by atoms with Crippen LogP contribution in [0.15, 0.2) is 23.6 Å². The van der Waals surface area contributed by atoms with Gasteiger partial charge in [-0.15, -0.1) is 11.3 Å². The first-order valence-corrected chi connectivity index (χ1v) is 9.22. The lowest BCUT2D eigenvalue weighted by Crippen LogP contribution is -2.35. The summed E-state index contributed by atoms with van der Waals surface area (Å²) < 4.78 is 1.41. The molecule has 0 aliphatic carbocycles. The second-order valence-electron chi connectivity index (χ2n) is 6.47. The van der Waals surface area contributed by atoms with Crippen molar-refractivity contribution in [3.8, 4) is 5.88 Å². The maximum absolute atomic E-state index is 12.9. The van der Waals surface area contributed by atoms with Gasteiger partial charge in [-0.3, -0.25) is 9.59 Å². The Hall–Kier alpha value is -2.09. The zero-order valence-corrected chi connectivity index (χ0v) is 16.2. The summed E-state index contributed by atoms with van der Waals surface area (Å²) in [6, 6.07) is 4.90. The minimum absolute atomic E-state index is 0.0151. The summed E-state index contributed by atoms with van der Waals surface area (Å²) in [4.78, 5) is 29.2. The second kappa shape index (κ2) is 6.57. The number of fused-ring (bicyclic) bond motifs is 1. The van der Waals surface area contributed by atoms with Gasteiger partial charge >= 0.3 is 0 Å². The van der Waals surface area contributed by atoms with Crippen molar-refractivity contribution in [2.24, 2.45) is 11.1 Å². The van der Waals surface area contributed by atoms with Crippen molar-refractivity contribution in [1.82, 2.24) is 9.55 Å². The van der Waals surface area contributed by atoms with Crippen molar-refractivity contribution in [3.63, 3.8) is 0 Å². The van der Waals surface area contributed by atoms with E-state index in [-0.39, 0.29) is 39.5 Å². The van der Waals surface area contributed by atoms with Crippen LogP contribution in [-0.2, 0) is 11.3 Å². The predicted molar refractivity (Wildman–Crippen MR) is 102 cm³/mol. The molecule has 3 aromatic heterocycles. The molecule has 3 heterocycles. The van der Waals surface area contributed by atoms with Crippen LogP contribution >= 0.6 is 34.5 Å². The molecular formula is C17H15Cl2N3O3S. The first-order valence-electron chi connectivity index (χ1n) is 7.59. The van der Waals surface area contributed by atoms with Crippen molar-refractivity contribution in [1.29, 1.82) is 0 Å². The van der Waals surface area contributed by atoms with Gasteiger partial charge in [0.05, 0.1) is 20.8 Å². The molecule has 1 amide bonds. The largest absolute Gasteiger partial charge is 0.494 e. The van der Waals surface area contributed by atoms with Crippen LogP contribution in [0.4, 0.5) is 0 Å². The predicted octanol–water partition coefficient (Wildman–Crippen LogP) is 3.85. The fourth-order valence-corrected chi connectivity index (χ4v) is 3.53. The molecule has 3 aromatic rings. The van der Waals surface area contributed by atoms with Gasteiger partial charge < -0.3 is 15.4 Å². The lowest BCUT2D eigenvalue weighted by molar-refractivity contribution is -0.126. The van der Waals surface area contributed by atoms with E-state index in [9.17, 15) is 14.7 Å². The van der Waals surface area contributed by atoms with Gasteiger partial charge in [-0.2, -0.15) is 0 Å². The third-order valence-corrected chi connectivity index (χ3v) is 5.65. The van der Waals surface area contributed by atoms with E-state index in [0.717, 1.165) is 0 Å². The van der Waals surface area contributed by atoms with Crippen molar-refractivity contribution in [2.45, 2.75) is 20.4 Å². The van der Waals surface area contributed by atoms with Crippen LogP contribution in [0.5, 0.6) is 5.88 Å². The Bertz CT molecular complexity index is 1030. The highest BCUT2D eigenvalue weighted by Crippen LogP contribution is 2.37. The molecule has 0 aliphatic rings. The molecule has 0 atom stereocenters. The third-order valence-electron chi connectivity index (χ3n) is 4.11. The monoisotopic (exact) mass is 411 g/mol. The van der Waals surface area contributed by atoms with Gasteiger partial charge in [-0.25, -0.2) is 4.98 Å². The normalized spacial score (nSPS) is 11.8. The Balaban J connectivity index is 2.28. The zero-order chi connectivity index (χ0) is 19.2. The van der Waals surface area contributed by atoms with Gasteiger partial charge in [0, 0.05) is 6.54 Å². The molecule has 6 nitrogen and oxygen atoms in total. The Kier molecular flexibility index (Phi) is 4.72. The van der Waals surface area contributed by atoms with Gasteiger partial charge in [0.15, 0.2) is 0 Å². The smallest absolute Gasteiger partial charge is 0.224 e. The molecule has 0 aromatic carbocycles. The summed E-state index contributed by atoms with van der Waals surface area (Å²) in [5, 5.41) is 12.7. The number of nitrogens with two attached hydrogens (primary N) is 1. The van der Waals surface area contributed by atoms with Gasteiger partial charge in [0.2, 0.25) is 17.6 Å². The van der Waals surface area contributed by atoms with E-state index in [1.807, 2.05) is 0 Å². The lowest BCUT2D eigenvalue weighted by Gasteiger charge is -2.22. The molecule has 0 bridgehead atoms. The van der Waals surface area contributed by atoms with E-state index >= 15 is 0 Å². The maximum Gasteiger partial charge on any atom is 0.224 e. The van der Waals surface area contributed by atoms with Crippen LogP contribution < -0.4 is 5.73 Å². The molecule has 3 N–H and O–H groups in total. The van der Waals surface area contributed by atoms with E-state index in [2.05, 4.69) is 4.98 Å². The Labute approximate surface area is 163 Å². The number of ketones is 1. The number of aromatic nitrogens is 2. The number of primary amides is 1. The van der Waals surface area contributed by atoms with Crippen LogP contribution in [0.2, 0.25) is 10.2 Å². The highest BCUT2D eigenvalue weighted by molar-refractivity contribution is 7.12.